The van der Waals surface area contributed by atoms with Crippen LogP contribution in [0.15, 0.2) is 16.9 Å². The van der Waals surface area contributed by atoms with Crippen LogP contribution in [0.5, 0.6) is 0 Å². The number of rotatable bonds is 1. The van der Waals surface area contributed by atoms with Crippen LogP contribution in [0.25, 0.3) is 0 Å². The topological polar surface area (TPSA) is 36.7 Å². The number of hydrogen-bond donors (Lipinski definition) is 1. The first-order chi connectivity index (χ1) is 4.75. The zero-order chi connectivity index (χ0) is 7.56. The number of halogens is 1. The number of pyridine rings is 1. The van der Waals surface area contributed by atoms with Crippen LogP contribution in [0.4, 0.5) is 0 Å². The third kappa shape index (κ3) is 1.24. The van der Waals surface area contributed by atoms with E-state index in [0.29, 0.717) is 0 Å². The van der Waals surface area contributed by atoms with Gasteiger partial charge in [-0.15, -0.1) is 0 Å². The molecule has 0 fully saturated rings. The van der Waals surface area contributed by atoms with Gasteiger partial charge in [0.05, 0.1) is 0 Å². The van der Waals surface area contributed by atoms with Gasteiger partial charge in [-0.2, -0.15) is 0 Å². The lowest BCUT2D eigenvalue weighted by molar-refractivity contribution is 1.24. The molecule has 1 aromatic heterocycles. The van der Waals surface area contributed by atoms with E-state index in [-0.39, 0.29) is 0 Å². The number of hydrogen-bond acceptors (Lipinski definition) is 2. The molecule has 0 radical (unpaired) electrons. The average molecular weight is 199 g/mol. The lowest BCUT2D eigenvalue weighted by Gasteiger charge is -1.98. The van der Waals surface area contributed by atoms with Crippen LogP contribution in [-0.4, -0.2) is 11.2 Å². The fraction of sp³-hybridized carbons (Fsp3) is 0.143. The molecule has 0 saturated carbocycles. The molecule has 0 saturated heterocycles. The number of nitrogens with zero attached hydrogens (tertiary/aromatic N) is 1. The molecule has 0 unspecified atom stereocenters. The maximum atomic E-state index is 7.00. The Morgan fingerprint density at radius 1 is 1.60 bits per heavy atom. The molecule has 0 spiro atoms. The second-order valence-corrected chi connectivity index (χ2v) is 2.83. The summed E-state index contributed by atoms with van der Waals surface area (Å²) >= 11 is 3.32. The summed E-state index contributed by atoms with van der Waals surface area (Å²) in [5, 5.41) is 7.00. The van der Waals surface area contributed by atoms with Crippen molar-refractivity contribution in [3.63, 3.8) is 0 Å². The highest BCUT2D eigenvalue weighted by Gasteiger charge is 1.97. The van der Waals surface area contributed by atoms with Crippen LogP contribution in [-0.2, 0) is 0 Å². The highest BCUT2D eigenvalue weighted by Crippen LogP contribution is 2.15. The van der Waals surface area contributed by atoms with Gasteiger partial charge in [0.15, 0.2) is 0 Å². The quantitative estimate of drug-likeness (QED) is 0.691. The van der Waals surface area contributed by atoms with E-state index in [4.69, 9.17) is 5.41 Å². The van der Waals surface area contributed by atoms with E-state index in [2.05, 4.69) is 20.9 Å². The van der Waals surface area contributed by atoms with E-state index in [1.165, 1.54) is 6.21 Å². The Labute approximate surface area is 67.9 Å². The molecule has 1 N–H and O–H groups in total. The molecule has 0 atom stereocenters. The van der Waals surface area contributed by atoms with Crippen molar-refractivity contribution in [2.24, 2.45) is 0 Å². The van der Waals surface area contributed by atoms with Gasteiger partial charge in [-0.05, 0) is 28.4 Å². The van der Waals surface area contributed by atoms with Crippen molar-refractivity contribution in [2.45, 2.75) is 6.92 Å². The molecule has 1 heterocycles. The van der Waals surface area contributed by atoms with Gasteiger partial charge in [-0.3, -0.25) is 4.98 Å². The van der Waals surface area contributed by atoms with Gasteiger partial charge >= 0.3 is 0 Å². The van der Waals surface area contributed by atoms with Gasteiger partial charge in [-0.25, -0.2) is 0 Å². The van der Waals surface area contributed by atoms with Gasteiger partial charge in [0, 0.05) is 28.6 Å². The van der Waals surface area contributed by atoms with Crippen molar-refractivity contribution in [2.75, 3.05) is 0 Å². The molecular weight excluding hydrogens is 192 g/mol. The Bertz CT molecular complexity index is 258. The zero-order valence-electron chi connectivity index (χ0n) is 5.56. The maximum Gasteiger partial charge on any atom is 0.0413 e. The first-order valence-corrected chi connectivity index (χ1v) is 3.65. The lowest BCUT2D eigenvalue weighted by atomic mass is 10.2. The fourth-order valence-corrected chi connectivity index (χ4v) is 1.01. The monoisotopic (exact) mass is 198 g/mol. The van der Waals surface area contributed by atoms with Crippen molar-refractivity contribution in [3.05, 3.63) is 28.0 Å². The summed E-state index contributed by atoms with van der Waals surface area (Å²) in [6.45, 7) is 1.95. The Kier molecular flexibility index (Phi) is 2.17. The molecule has 0 aliphatic heterocycles. The molecule has 0 bridgehead atoms. The molecule has 0 aliphatic rings. The minimum atomic E-state index is 0.856. The number of aromatic nitrogens is 1. The standard InChI is InChI=1S/C7H7BrN2/c1-5-6(2-9)3-10-4-7(5)8/h2-4,9H,1H3. The Morgan fingerprint density at radius 2 is 2.30 bits per heavy atom. The third-order valence-electron chi connectivity index (χ3n) is 1.35. The Balaban J connectivity index is 3.27. The average Bonchev–Trinajstić information content (AvgIpc) is 1.95. The van der Waals surface area contributed by atoms with Crippen molar-refractivity contribution >= 4 is 22.1 Å². The van der Waals surface area contributed by atoms with E-state index in [0.717, 1.165) is 15.6 Å². The summed E-state index contributed by atoms with van der Waals surface area (Å²) in [5.41, 5.74) is 1.92. The van der Waals surface area contributed by atoms with Crippen LogP contribution in [0, 0.1) is 12.3 Å². The molecule has 10 heavy (non-hydrogen) atoms. The van der Waals surface area contributed by atoms with E-state index in [1.807, 2.05) is 6.92 Å². The van der Waals surface area contributed by atoms with Crippen LogP contribution >= 0.6 is 15.9 Å². The molecule has 2 nitrogen and oxygen atoms in total. The van der Waals surface area contributed by atoms with E-state index in [9.17, 15) is 0 Å². The van der Waals surface area contributed by atoms with Crippen LogP contribution < -0.4 is 0 Å². The predicted octanol–water partition coefficient (Wildman–Crippen LogP) is 2.15. The van der Waals surface area contributed by atoms with Gasteiger partial charge in [0.2, 0.25) is 0 Å². The third-order valence-corrected chi connectivity index (χ3v) is 2.15. The van der Waals surface area contributed by atoms with Crippen molar-refractivity contribution in [1.29, 1.82) is 5.41 Å². The van der Waals surface area contributed by atoms with Crippen LogP contribution in [0.2, 0.25) is 0 Å². The van der Waals surface area contributed by atoms with Gasteiger partial charge in [-0.1, -0.05) is 0 Å². The van der Waals surface area contributed by atoms with Gasteiger partial charge in [0.25, 0.3) is 0 Å². The minimum Gasteiger partial charge on any atom is -0.308 e. The molecular formula is C7H7BrN2. The first-order valence-electron chi connectivity index (χ1n) is 2.86. The van der Waals surface area contributed by atoms with Crippen LogP contribution in [0.1, 0.15) is 11.1 Å². The maximum absolute atomic E-state index is 7.00. The molecule has 1 rings (SSSR count). The largest absolute Gasteiger partial charge is 0.308 e. The Morgan fingerprint density at radius 3 is 2.80 bits per heavy atom. The second-order valence-electron chi connectivity index (χ2n) is 1.98. The molecule has 0 aromatic carbocycles. The summed E-state index contributed by atoms with van der Waals surface area (Å²) in [6.07, 6.45) is 4.70. The van der Waals surface area contributed by atoms with Crippen molar-refractivity contribution < 1.29 is 0 Å². The SMILES string of the molecule is Cc1c(Br)cncc1C=N. The minimum absolute atomic E-state index is 0.856. The van der Waals surface area contributed by atoms with Crippen molar-refractivity contribution in [3.8, 4) is 0 Å². The molecule has 52 valence electrons. The zero-order valence-corrected chi connectivity index (χ0v) is 7.14. The smallest absolute Gasteiger partial charge is 0.0413 e. The predicted molar refractivity (Wildman–Crippen MR) is 44.6 cm³/mol. The molecule has 3 heteroatoms. The molecule has 0 amide bonds. The highest BCUT2D eigenvalue weighted by molar-refractivity contribution is 9.10. The van der Waals surface area contributed by atoms with E-state index < -0.39 is 0 Å². The van der Waals surface area contributed by atoms with Gasteiger partial charge in [0.1, 0.15) is 0 Å². The summed E-state index contributed by atoms with van der Waals surface area (Å²) in [5.74, 6) is 0. The number of nitrogens with one attached hydrogen (secondary N) is 1. The second kappa shape index (κ2) is 2.92. The summed E-state index contributed by atoms with van der Waals surface area (Å²) in [4.78, 5) is 3.92. The molecule has 0 aliphatic carbocycles. The van der Waals surface area contributed by atoms with Gasteiger partial charge < -0.3 is 5.41 Å². The molecule has 1 aromatic rings. The normalized spacial score (nSPS) is 9.40. The van der Waals surface area contributed by atoms with Crippen LogP contribution in [0.3, 0.4) is 0 Å². The first kappa shape index (κ1) is 7.41. The Hall–Kier alpha value is -0.700. The summed E-state index contributed by atoms with van der Waals surface area (Å²) < 4.78 is 0.952. The van der Waals surface area contributed by atoms with E-state index in [1.54, 1.807) is 12.4 Å². The van der Waals surface area contributed by atoms with Crippen molar-refractivity contribution in [1.82, 2.24) is 4.98 Å². The summed E-state index contributed by atoms with van der Waals surface area (Å²) in [6, 6.07) is 0. The highest BCUT2D eigenvalue weighted by atomic mass is 79.9. The van der Waals surface area contributed by atoms with E-state index >= 15 is 0 Å². The fourth-order valence-electron chi connectivity index (χ4n) is 0.660. The lowest BCUT2D eigenvalue weighted by Crippen LogP contribution is -1.88. The summed E-state index contributed by atoms with van der Waals surface area (Å²) in [7, 11) is 0.